The molecular weight excluding hydrogens is 179 g/mol. The van der Waals surface area contributed by atoms with Crippen LogP contribution in [0.25, 0.3) is 0 Å². The summed E-state index contributed by atoms with van der Waals surface area (Å²) in [5.74, 6) is -0.276. The van der Waals surface area contributed by atoms with Crippen molar-refractivity contribution < 1.29 is 4.39 Å². The van der Waals surface area contributed by atoms with Crippen LogP contribution in [0.1, 0.15) is 26.2 Å². The van der Waals surface area contributed by atoms with Gasteiger partial charge in [0.15, 0.2) is 0 Å². The molecule has 0 aliphatic heterocycles. The molecule has 0 saturated carbocycles. The van der Waals surface area contributed by atoms with Crippen molar-refractivity contribution in [2.45, 2.75) is 26.2 Å². The van der Waals surface area contributed by atoms with Crippen molar-refractivity contribution >= 4 is 11.4 Å². The first kappa shape index (κ1) is 10.8. The minimum absolute atomic E-state index is 0.276. The van der Waals surface area contributed by atoms with Crippen molar-refractivity contribution in [3.8, 4) is 0 Å². The Morgan fingerprint density at radius 2 is 2.14 bits per heavy atom. The minimum Gasteiger partial charge on any atom is -0.399 e. The molecule has 0 fully saturated rings. The molecular formula is C11H17FN2. The van der Waals surface area contributed by atoms with Gasteiger partial charge in [0.05, 0.1) is 5.69 Å². The molecule has 0 atom stereocenters. The molecule has 1 rings (SSSR count). The van der Waals surface area contributed by atoms with Gasteiger partial charge in [-0.1, -0.05) is 19.8 Å². The zero-order chi connectivity index (χ0) is 10.4. The second kappa shape index (κ2) is 5.47. The fourth-order valence-corrected chi connectivity index (χ4v) is 1.27. The summed E-state index contributed by atoms with van der Waals surface area (Å²) in [4.78, 5) is 0. The molecule has 1 aromatic carbocycles. The van der Waals surface area contributed by atoms with Gasteiger partial charge >= 0.3 is 0 Å². The molecule has 0 aliphatic rings. The van der Waals surface area contributed by atoms with Gasteiger partial charge in [0.1, 0.15) is 5.82 Å². The lowest BCUT2D eigenvalue weighted by Crippen LogP contribution is -2.03. The highest BCUT2D eigenvalue weighted by Crippen LogP contribution is 2.16. The maximum absolute atomic E-state index is 13.2. The molecule has 3 heteroatoms. The molecule has 14 heavy (non-hydrogen) atoms. The molecule has 0 amide bonds. The van der Waals surface area contributed by atoms with E-state index >= 15 is 0 Å². The van der Waals surface area contributed by atoms with Crippen molar-refractivity contribution in [1.29, 1.82) is 0 Å². The average molecular weight is 196 g/mol. The highest BCUT2D eigenvalue weighted by molar-refractivity contribution is 5.52. The molecule has 3 N–H and O–H groups in total. The molecule has 0 aliphatic carbocycles. The van der Waals surface area contributed by atoms with E-state index in [2.05, 4.69) is 12.2 Å². The van der Waals surface area contributed by atoms with E-state index in [0.717, 1.165) is 13.0 Å². The number of hydrogen-bond acceptors (Lipinski definition) is 2. The fraction of sp³-hybridized carbons (Fsp3) is 0.455. The van der Waals surface area contributed by atoms with Crippen LogP contribution in [0, 0.1) is 5.82 Å². The standard InChI is InChI=1S/C11H17FN2/c1-2-3-4-7-14-11-6-5-9(13)8-10(11)12/h5-6,8,14H,2-4,7,13H2,1H3. The normalized spacial score (nSPS) is 10.1. The Hall–Kier alpha value is -1.25. The number of unbranched alkanes of at least 4 members (excludes halogenated alkanes) is 2. The van der Waals surface area contributed by atoms with Crippen molar-refractivity contribution in [3.63, 3.8) is 0 Å². The van der Waals surface area contributed by atoms with Crippen LogP contribution in [0.3, 0.4) is 0 Å². The van der Waals surface area contributed by atoms with Crippen LogP contribution in [-0.2, 0) is 0 Å². The SMILES string of the molecule is CCCCCNc1ccc(N)cc1F. The van der Waals surface area contributed by atoms with Crippen LogP contribution in [0.2, 0.25) is 0 Å². The van der Waals surface area contributed by atoms with Crippen LogP contribution in [0.5, 0.6) is 0 Å². The van der Waals surface area contributed by atoms with Gasteiger partial charge in [-0.2, -0.15) is 0 Å². The van der Waals surface area contributed by atoms with E-state index in [1.54, 1.807) is 12.1 Å². The Morgan fingerprint density at radius 1 is 1.36 bits per heavy atom. The first-order valence-corrected chi connectivity index (χ1v) is 5.03. The lowest BCUT2D eigenvalue weighted by molar-refractivity contribution is 0.629. The number of hydrogen-bond donors (Lipinski definition) is 2. The van der Waals surface area contributed by atoms with Crippen LogP contribution >= 0.6 is 0 Å². The molecule has 0 spiro atoms. The highest BCUT2D eigenvalue weighted by Gasteiger charge is 2.00. The Balaban J connectivity index is 2.42. The largest absolute Gasteiger partial charge is 0.399 e. The lowest BCUT2D eigenvalue weighted by Gasteiger charge is -2.07. The molecule has 0 heterocycles. The van der Waals surface area contributed by atoms with E-state index in [1.807, 2.05) is 0 Å². The number of benzene rings is 1. The Labute approximate surface area is 84.3 Å². The van der Waals surface area contributed by atoms with E-state index in [0.29, 0.717) is 11.4 Å². The molecule has 0 bridgehead atoms. The highest BCUT2D eigenvalue weighted by atomic mass is 19.1. The van der Waals surface area contributed by atoms with E-state index in [-0.39, 0.29) is 5.82 Å². The summed E-state index contributed by atoms with van der Waals surface area (Å²) in [5.41, 5.74) is 6.43. The van der Waals surface area contributed by atoms with E-state index in [1.165, 1.54) is 18.9 Å². The second-order valence-electron chi connectivity index (χ2n) is 3.37. The van der Waals surface area contributed by atoms with Gasteiger partial charge in [0.25, 0.3) is 0 Å². The third-order valence-electron chi connectivity index (χ3n) is 2.09. The number of rotatable bonds is 5. The average Bonchev–Trinajstić information content (AvgIpc) is 2.15. The summed E-state index contributed by atoms with van der Waals surface area (Å²) in [5, 5.41) is 3.04. The predicted octanol–water partition coefficient (Wildman–Crippen LogP) is 3.01. The van der Waals surface area contributed by atoms with Crippen molar-refractivity contribution in [3.05, 3.63) is 24.0 Å². The molecule has 78 valence electrons. The van der Waals surface area contributed by atoms with Crippen LogP contribution < -0.4 is 11.1 Å². The Bertz CT molecular complexity index is 287. The van der Waals surface area contributed by atoms with Crippen molar-refractivity contribution in [2.75, 3.05) is 17.6 Å². The zero-order valence-corrected chi connectivity index (χ0v) is 8.52. The molecule has 2 nitrogen and oxygen atoms in total. The minimum atomic E-state index is -0.276. The number of anilines is 2. The molecule has 0 radical (unpaired) electrons. The second-order valence-corrected chi connectivity index (χ2v) is 3.37. The van der Waals surface area contributed by atoms with Gasteiger partial charge in [0, 0.05) is 12.2 Å². The van der Waals surface area contributed by atoms with E-state index in [9.17, 15) is 4.39 Å². The smallest absolute Gasteiger partial charge is 0.148 e. The third kappa shape index (κ3) is 3.24. The zero-order valence-electron chi connectivity index (χ0n) is 8.52. The van der Waals surface area contributed by atoms with Crippen LogP contribution in [0.4, 0.5) is 15.8 Å². The lowest BCUT2D eigenvalue weighted by atomic mass is 10.2. The number of halogens is 1. The summed E-state index contributed by atoms with van der Waals surface area (Å²) in [6, 6.07) is 4.71. The summed E-state index contributed by atoms with van der Waals surface area (Å²) in [7, 11) is 0. The predicted molar refractivity (Wildman–Crippen MR) is 58.8 cm³/mol. The first-order valence-electron chi connectivity index (χ1n) is 5.03. The van der Waals surface area contributed by atoms with E-state index < -0.39 is 0 Å². The first-order chi connectivity index (χ1) is 6.74. The fourth-order valence-electron chi connectivity index (χ4n) is 1.27. The molecule has 0 unspecified atom stereocenters. The van der Waals surface area contributed by atoms with Gasteiger partial charge in [-0.05, 0) is 24.6 Å². The molecule has 0 aromatic heterocycles. The maximum atomic E-state index is 13.2. The molecule has 1 aromatic rings. The van der Waals surface area contributed by atoms with Crippen molar-refractivity contribution in [1.82, 2.24) is 0 Å². The van der Waals surface area contributed by atoms with E-state index in [4.69, 9.17) is 5.73 Å². The van der Waals surface area contributed by atoms with Gasteiger partial charge in [-0.25, -0.2) is 4.39 Å². The topological polar surface area (TPSA) is 38.0 Å². The Kier molecular flexibility index (Phi) is 4.23. The quantitative estimate of drug-likeness (QED) is 0.561. The summed E-state index contributed by atoms with van der Waals surface area (Å²) in [6.45, 7) is 2.96. The third-order valence-corrected chi connectivity index (χ3v) is 2.09. The van der Waals surface area contributed by atoms with Gasteiger partial charge in [-0.3, -0.25) is 0 Å². The van der Waals surface area contributed by atoms with Crippen LogP contribution in [0.15, 0.2) is 18.2 Å². The summed E-state index contributed by atoms with van der Waals surface area (Å²) < 4.78 is 13.2. The Morgan fingerprint density at radius 3 is 2.79 bits per heavy atom. The monoisotopic (exact) mass is 196 g/mol. The van der Waals surface area contributed by atoms with Gasteiger partial charge < -0.3 is 11.1 Å². The van der Waals surface area contributed by atoms with Crippen molar-refractivity contribution in [2.24, 2.45) is 0 Å². The molecule has 0 saturated heterocycles. The summed E-state index contributed by atoms with van der Waals surface area (Å²) in [6.07, 6.45) is 3.41. The van der Waals surface area contributed by atoms with Gasteiger partial charge in [0.2, 0.25) is 0 Å². The number of nitrogens with two attached hydrogens (primary N) is 1. The maximum Gasteiger partial charge on any atom is 0.148 e. The van der Waals surface area contributed by atoms with Crippen LogP contribution in [-0.4, -0.2) is 6.54 Å². The number of nitrogens with one attached hydrogen (secondary N) is 1. The van der Waals surface area contributed by atoms with Gasteiger partial charge in [-0.15, -0.1) is 0 Å². The number of nitrogen functional groups attached to an aromatic ring is 1. The summed E-state index contributed by atoms with van der Waals surface area (Å²) >= 11 is 0.